The number of hydrogen-bond acceptors (Lipinski definition) is 5. The molecular weight excluding hydrogens is 422 g/mol. The fourth-order valence-electron chi connectivity index (χ4n) is 2.17. The Labute approximate surface area is 161 Å². The van der Waals surface area contributed by atoms with Crippen molar-refractivity contribution in [2.24, 2.45) is 0 Å². The lowest BCUT2D eigenvalue weighted by atomic mass is 10.2. The number of carbonyl (C=O) groups is 1. The molecule has 9 heteroatoms. The number of carbonyl (C=O) groups excluding carboxylic acids is 1. The highest BCUT2D eigenvalue weighted by atomic mass is 79.9. The Bertz CT molecular complexity index is 844. The van der Waals surface area contributed by atoms with Crippen LogP contribution >= 0.6 is 15.9 Å². The van der Waals surface area contributed by atoms with Gasteiger partial charge in [-0.25, -0.2) is 13.1 Å². The third-order valence-corrected chi connectivity index (χ3v) is 5.66. The van der Waals surface area contributed by atoms with Crippen molar-refractivity contribution < 1.29 is 17.9 Å². The maximum absolute atomic E-state index is 12.4. The summed E-state index contributed by atoms with van der Waals surface area (Å²) in [5.74, 6) is -0.352. The van der Waals surface area contributed by atoms with Crippen LogP contribution in [0.25, 0.3) is 0 Å². The summed E-state index contributed by atoms with van der Waals surface area (Å²) in [7, 11) is -2.22. The van der Waals surface area contributed by atoms with Crippen molar-refractivity contribution in [3.63, 3.8) is 0 Å². The van der Waals surface area contributed by atoms with Gasteiger partial charge in [-0.05, 0) is 52.2 Å². The summed E-state index contributed by atoms with van der Waals surface area (Å²) in [5, 5.41) is 2.79. The highest BCUT2D eigenvalue weighted by molar-refractivity contribution is 9.10. The van der Waals surface area contributed by atoms with Gasteiger partial charge >= 0.3 is 0 Å². The minimum Gasteiger partial charge on any atom is -0.383 e. The minimum atomic E-state index is -3.71. The first-order valence-corrected chi connectivity index (χ1v) is 10.2. The molecule has 7 nitrogen and oxygen atoms in total. The predicted molar refractivity (Wildman–Crippen MR) is 101 cm³/mol. The number of amides is 1. The molecule has 1 heterocycles. The first-order valence-electron chi connectivity index (χ1n) is 7.89. The molecule has 0 saturated carbocycles. The van der Waals surface area contributed by atoms with Crippen LogP contribution in [0, 0.1) is 0 Å². The third kappa shape index (κ3) is 5.87. The van der Waals surface area contributed by atoms with E-state index in [1.54, 1.807) is 18.5 Å². The summed E-state index contributed by atoms with van der Waals surface area (Å²) in [6.07, 6.45) is 4.06. The molecule has 2 aromatic rings. The number of pyridine rings is 1. The van der Waals surface area contributed by atoms with E-state index in [9.17, 15) is 13.2 Å². The maximum Gasteiger partial charge on any atom is 0.252 e. The maximum atomic E-state index is 12.4. The number of nitrogens with one attached hydrogen (secondary N) is 2. The number of hydrogen-bond donors (Lipinski definition) is 2. The van der Waals surface area contributed by atoms with E-state index in [0.29, 0.717) is 17.4 Å². The highest BCUT2D eigenvalue weighted by Crippen LogP contribution is 2.21. The first kappa shape index (κ1) is 20.5. The van der Waals surface area contributed by atoms with E-state index in [-0.39, 0.29) is 29.5 Å². The average molecular weight is 442 g/mol. The standard InChI is InChI=1S/C17H20BrN3O4S/c1-25-10-9-21-26(23,24)14-4-5-16(18)15(11-14)17(22)20-8-6-13-3-2-7-19-12-13/h2-5,7,11-12,21H,6,8-10H2,1H3,(H,20,22). The molecule has 0 spiro atoms. The van der Waals surface area contributed by atoms with E-state index in [0.717, 1.165) is 5.56 Å². The van der Waals surface area contributed by atoms with Crippen molar-refractivity contribution in [1.29, 1.82) is 0 Å². The number of methoxy groups -OCH3 is 1. The molecule has 2 N–H and O–H groups in total. The molecule has 0 fully saturated rings. The van der Waals surface area contributed by atoms with Gasteiger partial charge < -0.3 is 10.1 Å². The van der Waals surface area contributed by atoms with Crippen LogP contribution in [0.3, 0.4) is 0 Å². The number of sulfonamides is 1. The highest BCUT2D eigenvalue weighted by Gasteiger charge is 2.18. The Morgan fingerprint density at radius 3 is 2.77 bits per heavy atom. The molecule has 0 radical (unpaired) electrons. The first-order chi connectivity index (χ1) is 12.4. The third-order valence-electron chi connectivity index (χ3n) is 3.51. The largest absolute Gasteiger partial charge is 0.383 e. The van der Waals surface area contributed by atoms with E-state index >= 15 is 0 Å². The van der Waals surface area contributed by atoms with Crippen molar-refractivity contribution in [3.05, 3.63) is 58.3 Å². The number of nitrogens with zero attached hydrogens (tertiary/aromatic N) is 1. The molecule has 0 unspecified atom stereocenters. The molecule has 1 amide bonds. The van der Waals surface area contributed by atoms with Gasteiger partial charge in [-0.3, -0.25) is 9.78 Å². The second-order valence-corrected chi connectivity index (χ2v) is 8.02. The zero-order chi connectivity index (χ0) is 19.0. The summed E-state index contributed by atoms with van der Waals surface area (Å²) in [5.41, 5.74) is 1.26. The monoisotopic (exact) mass is 441 g/mol. The van der Waals surface area contributed by atoms with E-state index < -0.39 is 10.0 Å². The molecule has 0 saturated heterocycles. The number of halogens is 1. The molecule has 0 aliphatic rings. The van der Waals surface area contributed by atoms with Gasteiger partial charge in [-0.2, -0.15) is 0 Å². The van der Waals surface area contributed by atoms with Crippen LogP contribution in [0.5, 0.6) is 0 Å². The molecule has 0 aliphatic heterocycles. The van der Waals surface area contributed by atoms with Gasteiger partial charge in [-0.15, -0.1) is 0 Å². The second kappa shape index (κ2) is 9.77. The van der Waals surface area contributed by atoms with Crippen LogP contribution in [0.15, 0.2) is 52.1 Å². The topological polar surface area (TPSA) is 97.4 Å². The van der Waals surface area contributed by atoms with E-state index in [1.165, 1.54) is 19.2 Å². The molecular formula is C17H20BrN3O4S. The minimum absolute atomic E-state index is 0.0224. The van der Waals surface area contributed by atoms with Gasteiger partial charge in [0.1, 0.15) is 0 Å². The Morgan fingerprint density at radius 2 is 2.08 bits per heavy atom. The molecule has 1 aromatic carbocycles. The fraction of sp³-hybridized carbons (Fsp3) is 0.294. The smallest absolute Gasteiger partial charge is 0.252 e. The summed E-state index contributed by atoms with van der Waals surface area (Å²) in [6, 6.07) is 8.08. The molecule has 140 valence electrons. The van der Waals surface area contributed by atoms with Gasteiger partial charge in [0.15, 0.2) is 0 Å². The van der Waals surface area contributed by atoms with Crippen molar-refractivity contribution in [2.45, 2.75) is 11.3 Å². The fourth-order valence-corrected chi connectivity index (χ4v) is 3.63. The molecule has 0 atom stereocenters. The lowest BCUT2D eigenvalue weighted by Crippen LogP contribution is -2.29. The Balaban J connectivity index is 2.05. The van der Waals surface area contributed by atoms with Gasteiger partial charge in [0.2, 0.25) is 10.0 Å². The number of rotatable bonds is 9. The Kier molecular flexibility index (Phi) is 7.70. The van der Waals surface area contributed by atoms with E-state index in [2.05, 4.69) is 31.0 Å². The quantitative estimate of drug-likeness (QED) is 0.577. The molecule has 1 aromatic heterocycles. The molecule has 0 bridgehead atoms. The molecule has 0 aliphatic carbocycles. The predicted octanol–water partition coefficient (Wildman–Crippen LogP) is 1.74. The normalized spacial score (nSPS) is 11.3. The summed E-state index contributed by atoms with van der Waals surface area (Å²) >= 11 is 3.29. The number of ether oxygens (including phenoxy) is 1. The summed E-state index contributed by atoms with van der Waals surface area (Å²) < 4.78 is 32.3. The van der Waals surface area contributed by atoms with Gasteiger partial charge in [0.05, 0.1) is 17.1 Å². The van der Waals surface area contributed by atoms with Crippen molar-refractivity contribution in [2.75, 3.05) is 26.8 Å². The van der Waals surface area contributed by atoms with Gasteiger partial charge in [0, 0.05) is 37.1 Å². The van der Waals surface area contributed by atoms with E-state index in [1.807, 2.05) is 12.1 Å². The van der Waals surface area contributed by atoms with Gasteiger partial charge in [-0.1, -0.05) is 6.07 Å². The second-order valence-electron chi connectivity index (χ2n) is 5.40. The van der Waals surface area contributed by atoms with Crippen LogP contribution < -0.4 is 10.0 Å². The van der Waals surface area contributed by atoms with Crippen LogP contribution in [-0.2, 0) is 21.2 Å². The zero-order valence-corrected chi connectivity index (χ0v) is 16.6. The van der Waals surface area contributed by atoms with Crippen LogP contribution in [-0.4, -0.2) is 46.1 Å². The van der Waals surface area contributed by atoms with Gasteiger partial charge in [0.25, 0.3) is 5.91 Å². The van der Waals surface area contributed by atoms with Crippen molar-refractivity contribution >= 4 is 31.9 Å². The average Bonchev–Trinajstić information content (AvgIpc) is 2.63. The number of aromatic nitrogens is 1. The van der Waals surface area contributed by atoms with Crippen molar-refractivity contribution in [3.8, 4) is 0 Å². The lowest BCUT2D eigenvalue weighted by Gasteiger charge is -2.10. The Morgan fingerprint density at radius 1 is 1.27 bits per heavy atom. The zero-order valence-electron chi connectivity index (χ0n) is 14.2. The van der Waals surface area contributed by atoms with Crippen LogP contribution in [0.1, 0.15) is 15.9 Å². The van der Waals surface area contributed by atoms with Crippen LogP contribution in [0.4, 0.5) is 0 Å². The SMILES string of the molecule is COCCNS(=O)(=O)c1ccc(Br)c(C(=O)NCCc2cccnc2)c1. The van der Waals surface area contributed by atoms with E-state index in [4.69, 9.17) is 4.74 Å². The lowest BCUT2D eigenvalue weighted by molar-refractivity contribution is 0.0953. The molecule has 2 rings (SSSR count). The summed E-state index contributed by atoms with van der Waals surface area (Å²) in [4.78, 5) is 16.4. The number of benzene rings is 1. The van der Waals surface area contributed by atoms with Crippen LogP contribution in [0.2, 0.25) is 0 Å². The molecule has 26 heavy (non-hydrogen) atoms. The Hall–Kier alpha value is -1.81. The summed E-state index contributed by atoms with van der Waals surface area (Å²) in [6.45, 7) is 0.832. The van der Waals surface area contributed by atoms with Crippen molar-refractivity contribution in [1.82, 2.24) is 15.0 Å².